The number of carbonyl (C=O) groups excluding carboxylic acids is 1. The van der Waals surface area contributed by atoms with Gasteiger partial charge in [-0.1, -0.05) is 74.0 Å². The van der Waals surface area contributed by atoms with E-state index in [1.54, 1.807) is 0 Å². The largest absolute Gasteiger partial charge is 0.349 e. The molecule has 2 aromatic rings. The average Bonchev–Trinajstić information content (AvgIpc) is 2.54. The number of benzene rings is 2. The molecule has 0 aliphatic rings. The molecule has 0 heterocycles. The van der Waals surface area contributed by atoms with Crippen LogP contribution in [0.5, 0.6) is 0 Å². The van der Waals surface area contributed by atoms with Crippen molar-refractivity contribution in [2.75, 3.05) is 0 Å². The van der Waals surface area contributed by atoms with Gasteiger partial charge in [0.05, 0.1) is 6.04 Å². The first-order chi connectivity index (χ1) is 10.3. The number of amides is 1. The highest BCUT2D eigenvalue weighted by Crippen LogP contribution is 2.18. The Bertz CT molecular complexity index is 536. The van der Waals surface area contributed by atoms with E-state index < -0.39 is 0 Å². The summed E-state index contributed by atoms with van der Waals surface area (Å²) in [7, 11) is 0. The molecule has 0 spiro atoms. The lowest BCUT2D eigenvalue weighted by molar-refractivity contribution is -0.121. The number of hydrogen-bond acceptors (Lipinski definition) is 1. The number of rotatable bonds is 7. The Morgan fingerprint density at radius 1 is 1.00 bits per heavy atom. The Morgan fingerprint density at radius 3 is 2.24 bits per heavy atom. The summed E-state index contributed by atoms with van der Waals surface area (Å²) in [5.74, 6) is 0.140. The summed E-state index contributed by atoms with van der Waals surface area (Å²) in [5.41, 5.74) is 2.40. The summed E-state index contributed by atoms with van der Waals surface area (Å²) in [4.78, 5) is 12.1. The Hall–Kier alpha value is -2.09. The van der Waals surface area contributed by atoms with Crippen molar-refractivity contribution < 1.29 is 4.79 Å². The lowest BCUT2D eigenvalue weighted by Gasteiger charge is -2.19. The summed E-state index contributed by atoms with van der Waals surface area (Å²) < 4.78 is 0. The lowest BCUT2D eigenvalue weighted by Crippen LogP contribution is -2.29. The van der Waals surface area contributed by atoms with Gasteiger partial charge in [0.2, 0.25) is 5.91 Å². The number of hydrogen-bond donors (Lipinski definition) is 1. The molecule has 0 bridgehead atoms. The van der Waals surface area contributed by atoms with E-state index in [9.17, 15) is 4.79 Å². The van der Waals surface area contributed by atoms with Crippen LogP contribution in [0.25, 0.3) is 0 Å². The maximum Gasteiger partial charge on any atom is 0.220 e. The molecule has 2 nitrogen and oxygen atoms in total. The number of carbonyl (C=O) groups is 1. The Labute approximate surface area is 127 Å². The second-order valence-electron chi connectivity index (χ2n) is 5.32. The minimum atomic E-state index is 0.0398. The van der Waals surface area contributed by atoms with Crippen molar-refractivity contribution in [2.45, 2.75) is 38.6 Å². The molecule has 1 unspecified atom stereocenters. The SMILES string of the molecule is CCCCC(=O)NC(Cc1ccccc1)c1ccccc1. The first-order valence-corrected chi connectivity index (χ1v) is 7.68. The monoisotopic (exact) mass is 281 g/mol. The van der Waals surface area contributed by atoms with E-state index >= 15 is 0 Å². The molecule has 0 aromatic heterocycles. The van der Waals surface area contributed by atoms with E-state index in [4.69, 9.17) is 0 Å². The fourth-order valence-electron chi connectivity index (χ4n) is 2.39. The Balaban J connectivity index is 2.09. The molecular formula is C19H23NO. The van der Waals surface area contributed by atoms with Crippen LogP contribution in [0.1, 0.15) is 43.4 Å². The highest BCUT2D eigenvalue weighted by molar-refractivity contribution is 5.76. The topological polar surface area (TPSA) is 29.1 Å². The zero-order valence-electron chi connectivity index (χ0n) is 12.6. The predicted octanol–water partition coefficient (Wildman–Crippen LogP) is 4.28. The van der Waals surface area contributed by atoms with Crippen molar-refractivity contribution >= 4 is 5.91 Å². The average molecular weight is 281 g/mol. The van der Waals surface area contributed by atoms with Crippen molar-refractivity contribution in [1.82, 2.24) is 5.32 Å². The molecule has 0 saturated carbocycles. The fraction of sp³-hybridized carbons (Fsp3) is 0.316. The van der Waals surface area contributed by atoms with E-state index in [0.29, 0.717) is 6.42 Å². The molecular weight excluding hydrogens is 258 g/mol. The maximum absolute atomic E-state index is 12.1. The Kier molecular flexibility index (Phi) is 6.01. The van der Waals surface area contributed by atoms with Gasteiger partial charge in [-0.25, -0.2) is 0 Å². The summed E-state index contributed by atoms with van der Waals surface area (Å²) in [6.07, 6.45) is 3.41. The van der Waals surface area contributed by atoms with Gasteiger partial charge in [0.1, 0.15) is 0 Å². The highest BCUT2D eigenvalue weighted by atomic mass is 16.1. The van der Waals surface area contributed by atoms with Crippen LogP contribution in [0.15, 0.2) is 60.7 Å². The maximum atomic E-state index is 12.1. The fourth-order valence-corrected chi connectivity index (χ4v) is 2.39. The minimum absolute atomic E-state index is 0.0398. The zero-order chi connectivity index (χ0) is 14.9. The molecule has 2 rings (SSSR count). The molecule has 0 saturated heterocycles. The summed E-state index contributed by atoms with van der Waals surface area (Å²) in [6.45, 7) is 2.10. The van der Waals surface area contributed by atoms with E-state index in [1.807, 2.05) is 36.4 Å². The third-order valence-electron chi connectivity index (χ3n) is 3.58. The summed E-state index contributed by atoms with van der Waals surface area (Å²) in [6, 6.07) is 20.5. The smallest absolute Gasteiger partial charge is 0.220 e. The van der Waals surface area contributed by atoms with Crippen LogP contribution in [-0.2, 0) is 11.2 Å². The first-order valence-electron chi connectivity index (χ1n) is 7.68. The molecule has 1 atom stereocenters. The van der Waals surface area contributed by atoms with Gasteiger partial charge >= 0.3 is 0 Å². The van der Waals surface area contributed by atoms with Crippen LogP contribution < -0.4 is 5.32 Å². The van der Waals surface area contributed by atoms with Gasteiger partial charge in [-0.05, 0) is 24.0 Å². The normalized spacial score (nSPS) is 11.9. The summed E-state index contributed by atoms with van der Waals surface area (Å²) in [5, 5.41) is 3.18. The summed E-state index contributed by atoms with van der Waals surface area (Å²) >= 11 is 0. The molecule has 1 N–H and O–H groups in total. The van der Waals surface area contributed by atoms with Crippen LogP contribution in [0.3, 0.4) is 0 Å². The van der Waals surface area contributed by atoms with E-state index in [0.717, 1.165) is 24.8 Å². The molecule has 2 heteroatoms. The molecule has 0 aliphatic heterocycles. The van der Waals surface area contributed by atoms with Crippen LogP contribution >= 0.6 is 0 Å². The van der Waals surface area contributed by atoms with E-state index in [2.05, 4.69) is 36.5 Å². The van der Waals surface area contributed by atoms with Gasteiger partial charge in [0, 0.05) is 6.42 Å². The molecule has 0 aliphatic carbocycles. The van der Waals surface area contributed by atoms with Crippen molar-refractivity contribution in [3.05, 3.63) is 71.8 Å². The molecule has 0 fully saturated rings. The quantitative estimate of drug-likeness (QED) is 0.806. The van der Waals surface area contributed by atoms with Gasteiger partial charge in [-0.3, -0.25) is 4.79 Å². The van der Waals surface area contributed by atoms with E-state index in [-0.39, 0.29) is 11.9 Å². The van der Waals surface area contributed by atoms with Crippen molar-refractivity contribution in [3.8, 4) is 0 Å². The highest BCUT2D eigenvalue weighted by Gasteiger charge is 2.14. The molecule has 0 radical (unpaired) electrons. The minimum Gasteiger partial charge on any atom is -0.349 e. The molecule has 21 heavy (non-hydrogen) atoms. The van der Waals surface area contributed by atoms with Gasteiger partial charge in [0.25, 0.3) is 0 Å². The van der Waals surface area contributed by atoms with Gasteiger partial charge in [0.15, 0.2) is 0 Å². The standard InChI is InChI=1S/C19H23NO/c1-2-3-14-19(21)20-18(17-12-8-5-9-13-17)15-16-10-6-4-7-11-16/h4-13,18H,2-3,14-15H2,1H3,(H,20,21). The second kappa shape index (κ2) is 8.25. The predicted molar refractivity (Wildman–Crippen MR) is 87.0 cm³/mol. The Morgan fingerprint density at radius 2 is 1.62 bits per heavy atom. The number of unbranched alkanes of at least 4 members (excludes halogenated alkanes) is 1. The van der Waals surface area contributed by atoms with Crippen molar-refractivity contribution in [2.24, 2.45) is 0 Å². The van der Waals surface area contributed by atoms with Crippen LogP contribution in [0.2, 0.25) is 0 Å². The molecule has 2 aromatic carbocycles. The second-order valence-corrected chi connectivity index (χ2v) is 5.32. The van der Waals surface area contributed by atoms with Gasteiger partial charge in [-0.2, -0.15) is 0 Å². The van der Waals surface area contributed by atoms with Crippen molar-refractivity contribution in [1.29, 1.82) is 0 Å². The van der Waals surface area contributed by atoms with Gasteiger partial charge < -0.3 is 5.32 Å². The zero-order valence-corrected chi connectivity index (χ0v) is 12.6. The van der Waals surface area contributed by atoms with Crippen molar-refractivity contribution in [3.63, 3.8) is 0 Å². The third-order valence-corrected chi connectivity index (χ3v) is 3.58. The number of nitrogens with one attached hydrogen (secondary N) is 1. The van der Waals surface area contributed by atoms with Crippen LogP contribution in [0.4, 0.5) is 0 Å². The van der Waals surface area contributed by atoms with E-state index in [1.165, 1.54) is 5.56 Å². The first kappa shape index (κ1) is 15.3. The van der Waals surface area contributed by atoms with Crippen LogP contribution in [0, 0.1) is 0 Å². The third kappa shape index (κ3) is 5.07. The van der Waals surface area contributed by atoms with Crippen LogP contribution in [-0.4, -0.2) is 5.91 Å². The molecule has 110 valence electrons. The van der Waals surface area contributed by atoms with Gasteiger partial charge in [-0.15, -0.1) is 0 Å². The molecule has 1 amide bonds. The lowest BCUT2D eigenvalue weighted by atomic mass is 9.98.